The fourth-order valence-corrected chi connectivity index (χ4v) is 1.37. The molecule has 0 saturated heterocycles. The van der Waals surface area contributed by atoms with E-state index >= 15 is 0 Å². The maximum atomic E-state index is 2.34. The van der Waals surface area contributed by atoms with Crippen LogP contribution >= 0.6 is 12.4 Å². The van der Waals surface area contributed by atoms with Crippen molar-refractivity contribution in [2.75, 3.05) is 0 Å². The summed E-state index contributed by atoms with van der Waals surface area (Å²) in [6.07, 6.45) is 6.12. The van der Waals surface area contributed by atoms with Crippen molar-refractivity contribution in [2.45, 2.75) is 19.3 Å². The highest BCUT2D eigenvalue weighted by Gasteiger charge is 2.04. The largest absolute Gasteiger partial charge is 0.147 e. The van der Waals surface area contributed by atoms with Crippen molar-refractivity contribution in [3.63, 3.8) is 0 Å². The molecule has 2 rings (SSSR count). The lowest BCUT2D eigenvalue weighted by Crippen LogP contribution is -1.97. The van der Waals surface area contributed by atoms with Gasteiger partial charge in [-0.3, -0.25) is 0 Å². The zero-order valence-corrected chi connectivity index (χ0v) is 7.81. The third kappa shape index (κ3) is 2.12. The smallest absolute Gasteiger partial charge is 0.00670 e. The summed E-state index contributed by atoms with van der Waals surface area (Å²) in [4.78, 5) is 0. The lowest BCUT2D eigenvalue weighted by molar-refractivity contribution is 0.830. The Hall–Kier alpha value is -0.750. The summed E-state index contributed by atoms with van der Waals surface area (Å²) in [5.74, 6) is 0. The molecule has 1 aromatic rings. The first-order valence-corrected chi connectivity index (χ1v) is 4.17. The summed E-state index contributed by atoms with van der Waals surface area (Å²) in [5, 5.41) is 0. The van der Waals surface area contributed by atoms with Gasteiger partial charge in [-0.1, -0.05) is 42.0 Å². The van der Waals surface area contributed by atoms with Crippen molar-refractivity contribution in [2.24, 2.45) is 0 Å². The summed E-state index contributed by atoms with van der Waals surface area (Å²) < 4.78 is 0. The molecule has 64 valence electrons. The zero-order valence-electron chi connectivity index (χ0n) is 6.99. The number of benzene rings is 1. The Labute approximate surface area is 79.7 Å². The van der Waals surface area contributed by atoms with Crippen LogP contribution < -0.4 is 0 Å². The summed E-state index contributed by atoms with van der Waals surface area (Å²) in [6, 6.07) is 10.7. The number of hydrogen-bond donors (Lipinski definition) is 0. The standard InChI is InChI=1S/C11H12.ClH/c1-2-5-10(6-3-1)9-11-7-4-8-11;/h1-3,5-7H,4,8-9H2;1H. The van der Waals surface area contributed by atoms with Crippen molar-refractivity contribution in [1.29, 1.82) is 0 Å². The van der Waals surface area contributed by atoms with E-state index in [-0.39, 0.29) is 12.4 Å². The van der Waals surface area contributed by atoms with E-state index in [9.17, 15) is 0 Å². The Balaban J connectivity index is 0.000000720. The number of rotatable bonds is 2. The summed E-state index contributed by atoms with van der Waals surface area (Å²) >= 11 is 0. The van der Waals surface area contributed by atoms with Crippen LogP contribution in [0.3, 0.4) is 0 Å². The molecular weight excluding hydrogens is 168 g/mol. The molecule has 0 saturated carbocycles. The lowest BCUT2D eigenvalue weighted by atomic mass is 9.93. The Kier molecular flexibility index (Phi) is 3.36. The molecule has 1 aromatic carbocycles. The van der Waals surface area contributed by atoms with Crippen LogP contribution in [0.15, 0.2) is 42.0 Å². The maximum Gasteiger partial charge on any atom is -0.00670 e. The summed E-state index contributed by atoms with van der Waals surface area (Å²) in [7, 11) is 0. The van der Waals surface area contributed by atoms with Crippen molar-refractivity contribution in [3.05, 3.63) is 47.5 Å². The minimum Gasteiger partial charge on any atom is -0.147 e. The van der Waals surface area contributed by atoms with E-state index in [0.717, 1.165) is 0 Å². The van der Waals surface area contributed by atoms with Crippen molar-refractivity contribution in [1.82, 2.24) is 0 Å². The molecule has 0 fully saturated rings. The summed E-state index contributed by atoms with van der Waals surface area (Å²) in [5.41, 5.74) is 3.05. The molecule has 0 amide bonds. The van der Waals surface area contributed by atoms with Gasteiger partial charge in [0.2, 0.25) is 0 Å². The fraction of sp³-hybridized carbons (Fsp3) is 0.273. The van der Waals surface area contributed by atoms with Crippen molar-refractivity contribution < 1.29 is 0 Å². The van der Waals surface area contributed by atoms with Gasteiger partial charge in [0.1, 0.15) is 0 Å². The van der Waals surface area contributed by atoms with Gasteiger partial charge in [-0.15, -0.1) is 12.4 Å². The molecule has 0 nitrogen and oxygen atoms in total. The van der Waals surface area contributed by atoms with Crippen LogP contribution in [0.4, 0.5) is 0 Å². The molecule has 1 aliphatic carbocycles. The van der Waals surface area contributed by atoms with Gasteiger partial charge in [-0.2, -0.15) is 0 Å². The second-order valence-corrected chi connectivity index (χ2v) is 3.06. The van der Waals surface area contributed by atoms with Crippen LogP contribution in [0, 0.1) is 0 Å². The molecule has 0 spiro atoms. The van der Waals surface area contributed by atoms with Crippen LogP contribution in [0.1, 0.15) is 18.4 Å². The van der Waals surface area contributed by atoms with Gasteiger partial charge < -0.3 is 0 Å². The molecule has 0 heterocycles. The highest BCUT2D eigenvalue weighted by Crippen LogP contribution is 2.21. The first-order valence-electron chi connectivity index (χ1n) is 4.17. The number of halogens is 1. The monoisotopic (exact) mass is 180 g/mol. The number of allylic oxidation sites excluding steroid dienone is 2. The van der Waals surface area contributed by atoms with Crippen molar-refractivity contribution in [3.8, 4) is 0 Å². The van der Waals surface area contributed by atoms with E-state index < -0.39 is 0 Å². The third-order valence-electron chi connectivity index (χ3n) is 2.17. The molecule has 0 aliphatic heterocycles. The molecular formula is C11H13Cl. The molecule has 12 heavy (non-hydrogen) atoms. The van der Waals surface area contributed by atoms with Crippen LogP contribution in [0.25, 0.3) is 0 Å². The first kappa shape index (κ1) is 9.34. The molecule has 1 heteroatoms. The van der Waals surface area contributed by atoms with Gasteiger partial charge in [0.05, 0.1) is 0 Å². The Morgan fingerprint density at radius 1 is 1.08 bits per heavy atom. The van der Waals surface area contributed by atoms with Gasteiger partial charge in [0.15, 0.2) is 0 Å². The Bertz CT molecular complexity index is 262. The SMILES string of the molecule is C1=C(Cc2ccccc2)CC1.Cl. The van der Waals surface area contributed by atoms with E-state index in [2.05, 4.69) is 36.4 Å². The minimum absolute atomic E-state index is 0. The van der Waals surface area contributed by atoms with E-state index in [0.29, 0.717) is 0 Å². The van der Waals surface area contributed by atoms with E-state index in [1.807, 2.05) is 0 Å². The fourth-order valence-electron chi connectivity index (χ4n) is 1.37. The minimum atomic E-state index is 0. The Morgan fingerprint density at radius 3 is 2.25 bits per heavy atom. The summed E-state index contributed by atoms with van der Waals surface area (Å²) in [6.45, 7) is 0. The molecule has 0 unspecified atom stereocenters. The Morgan fingerprint density at radius 2 is 1.75 bits per heavy atom. The average Bonchev–Trinajstić information content (AvgIpc) is 1.99. The van der Waals surface area contributed by atoms with Gasteiger partial charge in [0.25, 0.3) is 0 Å². The molecule has 0 atom stereocenters. The number of hydrogen-bond acceptors (Lipinski definition) is 0. The van der Waals surface area contributed by atoms with Gasteiger partial charge in [0, 0.05) is 0 Å². The first-order chi connectivity index (χ1) is 5.45. The second kappa shape index (κ2) is 4.32. The van der Waals surface area contributed by atoms with Crippen LogP contribution in [-0.2, 0) is 6.42 Å². The van der Waals surface area contributed by atoms with Crippen LogP contribution in [-0.4, -0.2) is 0 Å². The van der Waals surface area contributed by atoms with Crippen LogP contribution in [0.2, 0.25) is 0 Å². The highest BCUT2D eigenvalue weighted by atomic mass is 35.5. The van der Waals surface area contributed by atoms with E-state index in [4.69, 9.17) is 0 Å². The zero-order chi connectivity index (χ0) is 7.52. The highest BCUT2D eigenvalue weighted by molar-refractivity contribution is 5.85. The molecule has 0 radical (unpaired) electrons. The topological polar surface area (TPSA) is 0 Å². The van der Waals surface area contributed by atoms with E-state index in [1.54, 1.807) is 5.57 Å². The lowest BCUT2D eigenvalue weighted by Gasteiger charge is -2.13. The molecule has 0 bridgehead atoms. The van der Waals surface area contributed by atoms with Gasteiger partial charge in [-0.25, -0.2) is 0 Å². The quantitative estimate of drug-likeness (QED) is 0.613. The maximum absolute atomic E-state index is 2.34. The average molecular weight is 181 g/mol. The van der Waals surface area contributed by atoms with Gasteiger partial charge in [-0.05, 0) is 24.8 Å². The van der Waals surface area contributed by atoms with Crippen molar-refractivity contribution >= 4 is 12.4 Å². The van der Waals surface area contributed by atoms with Crippen LogP contribution in [0.5, 0.6) is 0 Å². The predicted molar refractivity (Wildman–Crippen MR) is 54.7 cm³/mol. The molecule has 1 aliphatic rings. The van der Waals surface area contributed by atoms with Gasteiger partial charge >= 0.3 is 0 Å². The van der Waals surface area contributed by atoms with E-state index in [1.165, 1.54) is 24.8 Å². The predicted octanol–water partition coefficient (Wildman–Crippen LogP) is 3.37. The third-order valence-corrected chi connectivity index (χ3v) is 2.17. The molecule has 0 N–H and O–H groups in total. The normalized spacial score (nSPS) is 14.2. The second-order valence-electron chi connectivity index (χ2n) is 3.06. The molecule has 0 aromatic heterocycles.